The molecular weight excluding hydrogens is 392 g/mol. The highest BCUT2D eigenvalue weighted by Gasteiger charge is 2.35. The van der Waals surface area contributed by atoms with Gasteiger partial charge in [-0.05, 0) is 42.7 Å². The van der Waals surface area contributed by atoms with Crippen molar-refractivity contribution in [1.29, 1.82) is 0 Å². The fourth-order valence-electron chi connectivity index (χ4n) is 3.36. The topological polar surface area (TPSA) is 59.5 Å². The third-order valence-electron chi connectivity index (χ3n) is 4.82. The van der Waals surface area contributed by atoms with E-state index in [1.165, 1.54) is 11.8 Å². The highest BCUT2D eigenvalue weighted by molar-refractivity contribution is 8.00. The zero-order valence-corrected chi connectivity index (χ0v) is 17.1. The van der Waals surface area contributed by atoms with Crippen LogP contribution in [0.2, 0.25) is 0 Å². The Balaban J connectivity index is 1.40. The van der Waals surface area contributed by atoms with Gasteiger partial charge in [0.25, 0.3) is 5.91 Å². The molecule has 0 N–H and O–H groups in total. The average Bonchev–Trinajstić information content (AvgIpc) is 3.38. The minimum Gasteiger partial charge on any atom is -0.467 e. The molecular formula is C21H20N2O3S2. The van der Waals surface area contributed by atoms with E-state index in [0.29, 0.717) is 18.5 Å². The molecule has 3 aromatic rings. The lowest BCUT2D eigenvalue weighted by molar-refractivity contribution is -0.145. The molecule has 1 amide bonds. The van der Waals surface area contributed by atoms with Gasteiger partial charge in [-0.2, -0.15) is 0 Å². The first-order chi connectivity index (χ1) is 13.7. The van der Waals surface area contributed by atoms with Crippen LogP contribution in [0.15, 0.2) is 52.9 Å². The molecule has 1 unspecified atom stereocenters. The van der Waals surface area contributed by atoms with E-state index in [0.717, 1.165) is 27.6 Å². The van der Waals surface area contributed by atoms with Gasteiger partial charge in [0.05, 0.1) is 17.3 Å². The number of methoxy groups -OCH3 is 1. The Morgan fingerprint density at radius 1 is 1.21 bits per heavy atom. The van der Waals surface area contributed by atoms with Gasteiger partial charge in [-0.25, -0.2) is 9.78 Å². The lowest BCUT2D eigenvalue weighted by Crippen LogP contribution is -2.41. The van der Waals surface area contributed by atoms with E-state index in [9.17, 15) is 9.59 Å². The van der Waals surface area contributed by atoms with Crippen molar-refractivity contribution in [3.63, 3.8) is 0 Å². The van der Waals surface area contributed by atoms with Crippen molar-refractivity contribution < 1.29 is 14.3 Å². The molecule has 2 aromatic carbocycles. The van der Waals surface area contributed by atoms with Crippen LogP contribution in [-0.4, -0.2) is 41.5 Å². The highest BCUT2D eigenvalue weighted by Crippen LogP contribution is 2.31. The molecule has 0 radical (unpaired) electrons. The van der Waals surface area contributed by atoms with Gasteiger partial charge in [0.2, 0.25) is 0 Å². The third-order valence-corrected chi connectivity index (χ3v) is 7.07. The van der Waals surface area contributed by atoms with Crippen LogP contribution in [-0.2, 0) is 15.3 Å². The molecule has 5 nitrogen and oxygen atoms in total. The van der Waals surface area contributed by atoms with Crippen molar-refractivity contribution >= 4 is 45.2 Å². The second kappa shape index (κ2) is 8.32. The molecule has 0 bridgehead atoms. The minimum atomic E-state index is -0.466. The highest BCUT2D eigenvalue weighted by atomic mass is 32.2. The lowest BCUT2D eigenvalue weighted by atomic mass is 10.1. The van der Waals surface area contributed by atoms with E-state index in [1.54, 1.807) is 28.0 Å². The predicted octanol–water partition coefficient (Wildman–Crippen LogP) is 4.37. The molecule has 1 saturated heterocycles. The lowest BCUT2D eigenvalue weighted by Gasteiger charge is -2.22. The second-order valence-corrected chi connectivity index (χ2v) is 8.87. The van der Waals surface area contributed by atoms with Crippen molar-refractivity contribution in [2.75, 3.05) is 13.7 Å². The van der Waals surface area contributed by atoms with Crippen LogP contribution >= 0.6 is 23.1 Å². The average molecular weight is 413 g/mol. The second-order valence-electron chi connectivity index (χ2n) is 6.61. The number of hydrogen-bond acceptors (Lipinski definition) is 6. The first kappa shape index (κ1) is 19.0. The molecule has 1 fully saturated rings. The van der Waals surface area contributed by atoms with E-state index >= 15 is 0 Å². The maximum atomic E-state index is 12.8. The number of hydrogen-bond donors (Lipinski definition) is 0. The fourth-order valence-corrected chi connectivity index (χ4v) is 5.38. The molecule has 4 rings (SSSR count). The standard InChI is InChI=1S/C21H20N2O3S2/c1-26-20(25)17-6-4-12-23(17)19(24)15-10-8-14(9-11-15)13-27-21-22-16-5-2-3-7-18(16)28-21/h2-3,5,7-11,17H,4,6,12-13H2,1H3. The first-order valence-electron chi connectivity index (χ1n) is 9.12. The fraction of sp³-hybridized carbons (Fsp3) is 0.286. The first-order valence-corrected chi connectivity index (χ1v) is 10.9. The number of para-hydroxylation sites is 1. The van der Waals surface area contributed by atoms with Crippen LogP contribution in [0.25, 0.3) is 10.2 Å². The van der Waals surface area contributed by atoms with Gasteiger partial charge in [-0.3, -0.25) is 4.79 Å². The number of amides is 1. The normalized spacial score (nSPS) is 16.5. The van der Waals surface area contributed by atoms with E-state index in [2.05, 4.69) is 11.1 Å². The summed E-state index contributed by atoms with van der Waals surface area (Å²) in [7, 11) is 1.36. The van der Waals surface area contributed by atoms with Gasteiger partial charge in [-0.15, -0.1) is 11.3 Å². The number of benzene rings is 2. The summed E-state index contributed by atoms with van der Waals surface area (Å²) in [5.74, 6) is 0.343. The maximum Gasteiger partial charge on any atom is 0.328 e. The number of likely N-dealkylation sites (tertiary alicyclic amines) is 1. The number of thioether (sulfide) groups is 1. The van der Waals surface area contributed by atoms with Gasteiger partial charge in [0.15, 0.2) is 4.34 Å². The number of fused-ring (bicyclic) bond motifs is 1. The van der Waals surface area contributed by atoms with E-state index in [4.69, 9.17) is 4.74 Å². The third kappa shape index (κ3) is 3.91. The Bertz CT molecular complexity index is 967. The number of ether oxygens (including phenoxy) is 1. The van der Waals surface area contributed by atoms with E-state index in [-0.39, 0.29) is 11.9 Å². The van der Waals surface area contributed by atoms with E-state index in [1.807, 2.05) is 42.5 Å². The van der Waals surface area contributed by atoms with Crippen molar-refractivity contribution in [3.05, 3.63) is 59.7 Å². The van der Waals surface area contributed by atoms with Crippen molar-refractivity contribution in [1.82, 2.24) is 9.88 Å². The number of esters is 1. The number of thiazole rings is 1. The molecule has 28 heavy (non-hydrogen) atoms. The number of aromatic nitrogens is 1. The zero-order valence-electron chi connectivity index (χ0n) is 15.5. The van der Waals surface area contributed by atoms with Crippen LogP contribution in [0.3, 0.4) is 0 Å². The number of nitrogens with zero attached hydrogens (tertiary/aromatic N) is 2. The van der Waals surface area contributed by atoms with Gasteiger partial charge in [0.1, 0.15) is 6.04 Å². The number of rotatable bonds is 5. The molecule has 144 valence electrons. The Labute approximate surface area is 171 Å². The quantitative estimate of drug-likeness (QED) is 0.460. The Morgan fingerprint density at radius 3 is 2.75 bits per heavy atom. The molecule has 0 spiro atoms. The molecule has 2 heterocycles. The molecule has 7 heteroatoms. The maximum absolute atomic E-state index is 12.8. The number of carbonyl (C=O) groups is 2. The zero-order chi connectivity index (χ0) is 19.5. The summed E-state index contributed by atoms with van der Waals surface area (Å²) < 4.78 is 7.06. The molecule has 1 aromatic heterocycles. The SMILES string of the molecule is COC(=O)C1CCCN1C(=O)c1ccc(CSc2nc3ccccc3s2)cc1. The van der Waals surface area contributed by atoms with Crippen LogP contribution in [0.4, 0.5) is 0 Å². The van der Waals surface area contributed by atoms with Crippen LogP contribution in [0, 0.1) is 0 Å². The largest absolute Gasteiger partial charge is 0.467 e. The summed E-state index contributed by atoms with van der Waals surface area (Å²) in [5.41, 5.74) is 2.76. The summed E-state index contributed by atoms with van der Waals surface area (Å²) in [4.78, 5) is 30.9. The molecule has 1 atom stereocenters. The molecule has 0 saturated carbocycles. The number of carbonyl (C=O) groups excluding carboxylic acids is 2. The smallest absolute Gasteiger partial charge is 0.328 e. The molecule has 1 aliphatic heterocycles. The van der Waals surface area contributed by atoms with Gasteiger partial charge in [0, 0.05) is 17.9 Å². The van der Waals surface area contributed by atoms with Gasteiger partial charge >= 0.3 is 5.97 Å². The predicted molar refractivity (Wildman–Crippen MR) is 112 cm³/mol. The van der Waals surface area contributed by atoms with Gasteiger partial charge < -0.3 is 9.64 Å². The van der Waals surface area contributed by atoms with Crippen LogP contribution < -0.4 is 0 Å². The van der Waals surface area contributed by atoms with Crippen LogP contribution in [0.1, 0.15) is 28.8 Å². The Morgan fingerprint density at radius 2 is 2.00 bits per heavy atom. The summed E-state index contributed by atoms with van der Waals surface area (Å²) in [5, 5.41) is 0. The Kier molecular flexibility index (Phi) is 5.64. The van der Waals surface area contributed by atoms with Crippen molar-refractivity contribution in [3.8, 4) is 0 Å². The van der Waals surface area contributed by atoms with E-state index < -0.39 is 6.04 Å². The summed E-state index contributed by atoms with van der Waals surface area (Å²) in [6, 6.07) is 15.3. The molecule has 1 aliphatic rings. The van der Waals surface area contributed by atoms with Gasteiger partial charge in [-0.1, -0.05) is 36.0 Å². The molecule has 0 aliphatic carbocycles. The monoisotopic (exact) mass is 412 g/mol. The summed E-state index contributed by atoms with van der Waals surface area (Å²) >= 11 is 3.39. The van der Waals surface area contributed by atoms with Crippen LogP contribution in [0.5, 0.6) is 0 Å². The van der Waals surface area contributed by atoms with Crippen molar-refractivity contribution in [2.24, 2.45) is 0 Å². The summed E-state index contributed by atoms with van der Waals surface area (Å²) in [6.45, 7) is 0.591. The minimum absolute atomic E-state index is 0.113. The summed E-state index contributed by atoms with van der Waals surface area (Å²) in [6.07, 6.45) is 1.48. The Hall–Kier alpha value is -2.38. The van der Waals surface area contributed by atoms with Crippen molar-refractivity contribution in [2.45, 2.75) is 29.0 Å².